The fraction of sp³-hybridized carbons (Fsp3) is 0.565. The van der Waals surface area contributed by atoms with Crippen molar-refractivity contribution in [2.24, 2.45) is 10.5 Å². The molecule has 2 aromatic rings. The number of piperidine rings is 1. The summed E-state index contributed by atoms with van der Waals surface area (Å²) >= 11 is 0. The maximum Gasteiger partial charge on any atom is 0.453 e. The minimum Gasteiger partial charge on any atom is -0.478 e. The highest BCUT2D eigenvalue weighted by molar-refractivity contribution is 5.83. The number of aliphatic carboxylic acids is 1. The molecule has 1 aromatic heterocycles. The molecule has 0 saturated carbocycles. The van der Waals surface area contributed by atoms with Gasteiger partial charge in [-0.2, -0.15) is 22.9 Å². The quantitative estimate of drug-likeness (QED) is 0.708. The molecule has 1 atom stereocenters. The number of rotatable bonds is 4. The number of likely N-dealkylation sites (tertiary alicyclic amines) is 1. The van der Waals surface area contributed by atoms with Crippen LogP contribution >= 0.6 is 0 Å². The Bertz CT molecular complexity index is 1070. The van der Waals surface area contributed by atoms with Crippen LogP contribution in [-0.2, 0) is 17.4 Å². The summed E-state index contributed by atoms with van der Waals surface area (Å²) in [6.45, 7) is 6.83. The molecule has 1 unspecified atom stereocenters. The van der Waals surface area contributed by atoms with Crippen LogP contribution in [0.25, 0.3) is 0 Å². The van der Waals surface area contributed by atoms with Crippen molar-refractivity contribution in [3.63, 3.8) is 0 Å². The first-order valence-corrected chi connectivity index (χ1v) is 11.3. The average molecular weight is 480 g/mol. The molecule has 0 amide bonds. The molecule has 0 spiro atoms. The number of hydrogen-bond donors (Lipinski definition) is 1. The molecular formula is C23H28F3N5O3. The Morgan fingerprint density at radius 1 is 1.09 bits per heavy atom. The lowest BCUT2D eigenvalue weighted by Crippen LogP contribution is -2.40. The van der Waals surface area contributed by atoms with Crippen LogP contribution in [0, 0.1) is 5.41 Å². The fourth-order valence-electron chi connectivity index (χ4n) is 4.38. The molecule has 4 rings (SSSR count). The van der Waals surface area contributed by atoms with E-state index in [0.717, 1.165) is 23.1 Å². The van der Waals surface area contributed by atoms with E-state index in [4.69, 9.17) is 4.74 Å². The van der Waals surface area contributed by atoms with Gasteiger partial charge < -0.3 is 14.7 Å². The summed E-state index contributed by atoms with van der Waals surface area (Å²) < 4.78 is 46.1. The number of carbonyl (C=O) groups is 1. The van der Waals surface area contributed by atoms with Gasteiger partial charge in [-0.3, -0.25) is 0 Å². The van der Waals surface area contributed by atoms with Gasteiger partial charge >= 0.3 is 12.1 Å². The molecule has 34 heavy (non-hydrogen) atoms. The Labute approximate surface area is 195 Å². The molecule has 11 heteroatoms. The molecule has 1 aromatic carbocycles. The maximum atomic E-state index is 13.2. The van der Waals surface area contributed by atoms with Crippen molar-refractivity contribution in [1.82, 2.24) is 19.8 Å². The predicted octanol–water partition coefficient (Wildman–Crippen LogP) is 4.16. The molecule has 1 fully saturated rings. The molecule has 8 nitrogen and oxygen atoms in total. The number of hydrogen-bond acceptors (Lipinski definition) is 6. The Kier molecular flexibility index (Phi) is 6.30. The van der Waals surface area contributed by atoms with Gasteiger partial charge in [0, 0.05) is 31.3 Å². The lowest BCUT2D eigenvalue weighted by Gasteiger charge is -2.35. The van der Waals surface area contributed by atoms with Crippen molar-refractivity contribution in [3.8, 4) is 5.75 Å². The van der Waals surface area contributed by atoms with E-state index in [9.17, 15) is 23.1 Å². The number of carboxylic acid groups (broad SMARTS) is 1. The molecule has 0 radical (unpaired) electrons. The molecule has 0 aliphatic carbocycles. The zero-order valence-electron chi connectivity index (χ0n) is 19.3. The van der Waals surface area contributed by atoms with Crippen molar-refractivity contribution in [2.75, 3.05) is 13.1 Å². The number of benzene rings is 1. The van der Waals surface area contributed by atoms with Gasteiger partial charge in [-0.1, -0.05) is 32.9 Å². The maximum absolute atomic E-state index is 13.2. The van der Waals surface area contributed by atoms with E-state index in [1.807, 2.05) is 37.8 Å². The van der Waals surface area contributed by atoms with Gasteiger partial charge in [-0.25, -0.2) is 4.79 Å². The van der Waals surface area contributed by atoms with E-state index in [2.05, 4.69) is 15.3 Å². The first-order chi connectivity index (χ1) is 15.9. The third-order valence-electron chi connectivity index (χ3n) is 6.22. The van der Waals surface area contributed by atoms with Crippen LogP contribution in [-0.4, -0.2) is 55.9 Å². The molecule has 2 aliphatic rings. The van der Waals surface area contributed by atoms with Gasteiger partial charge in [0.15, 0.2) is 11.9 Å². The van der Waals surface area contributed by atoms with Crippen molar-refractivity contribution in [2.45, 2.75) is 64.7 Å². The summed E-state index contributed by atoms with van der Waals surface area (Å²) in [5.41, 5.74) is 0.578. The van der Waals surface area contributed by atoms with Crippen molar-refractivity contribution >= 4 is 11.8 Å². The zero-order valence-corrected chi connectivity index (χ0v) is 19.3. The third kappa shape index (κ3) is 5.02. The van der Waals surface area contributed by atoms with Gasteiger partial charge in [0.1, 0.15) is 11.6 Å². The molecule has 0 bridgehead atoms. The minimum atomic E-state index is -4.60. The van der Waals surface area contributed by atoms with Gasteiger partial charge in [0.25, 0.3) is 5.82 Å². The highest BCUT2D eigenvalue weighted by atomic mass is 19.4. The Balaban J connectivity index is 1.39. The summed E-state index contributed by atoms with van der Waals surface area (Å²) in [4.78, 5) is 13.6. The van der Waals surface area contributed by atoms with Gasteiger partial charge in [0.2, 0.25) is 0 Å². The molecule has 3 heterocycles. The standard InChI is InChI=1S/C23H28F3N5O3/c1-22(2,3)19(20(32)33)34-16-6-4-14(5-7-16)15-10-12-30(13-11-15)18-9-8-17-27-28-21(23(24,25)26)31(17)29-18/h4-7,15,19H,8-13H2,1-3H3,(H,32,33). The second kappa shape index (κ2) is 8.92. The number of aromatic nitrogens is 3. The van der Waals surface area contributed by atoms with Crippen molar-refractivity contribution < 1.29 is 27.8 Å². The molecule has 184 valence electrons. The Morgan fingerprint density at radius 3 is 2.29 bits per heavy atom. The summed E-state index contributed by atoms with van der Waals surface area (Å²) in [6.07, 6.45) is -2.99. The van der Waals surface area contributed by atoms with Crippen LogP contribution < -0.4 is 4.74 Å². The van der Waals surface area contributed by atoms with Crippen LogP contribution in [0.15, 0.2) is 29.4 Å². The lowest BCUT2D eigenvalue weighted by molar-refractivity contribution is -0.150. The van der Waals surface area contributed by atoms with E-state index in [1.54, 1.807) is 12.1 Å². The number of aryl methyl sites for hydroxylation is 1. The summed E-state index contributed by atoms with van der Waals surface area (Å²) in [6, 6.07) is 7.49. The molecular weight excluding hydrogens is 451 g/mol. The Morgan fingerprint density at radius 2 is 1.74 bits per heavy atom. The lowest BCUT2D eigenvalue weighted by atomic mass is 9.88. The summed E-state index contributed by atoms with van der Waals surface area (Å²) in [5, 5.41) is 20.6. The zero-order chi connectivity index (χ0) is 24.7. The van der Waals surface area contributed by atoms with Crippen LogP contribution in [0.3, 0.4) is 0 Å². The normalized spacial score (nSPS) is 18.3. The monoisotopic (exact) mass is 479 g/mol. The third-order valence-corrected chi connectivity index (χ3v) is 6.22. The highest BCUT2D eigenvalue weighted by Crippen LogP contribution is 2.33. The second-order valence-corrected chi connectivity index (χ2v) is 9.80. The van der Waals surface area contributed by atoms with E-state index >= 15 is 0 Å². The number of halogens is 3. The summed E-state index contributed by atoms with van der Waals surface area (Å²) in [7, 11) is 0. The highest BCUT2D eigenvalue weighted by Gasteiger charge is 2.40. The van der Waals surface area contributed by atoms with Crippen LogP contribution in [0.1, 0.15) is 63.2 Å². The smallest absolute Gasteiger partial charge is 0.453 e. The topological polar surface area (TPSA) is 92.8 Å². The SMILES string of the molecule is CC(C)(C)C(Oc1ccc(C2CCN(C3=Nn4c(nnc4C(F)(F)F)CC3)CC2)cc1)C(=O)O. The predicted molar refractivity (Wildman–Crippen MR) is 118 cm³/mol. The van der Waals surface area contributed by atoms with Gasteiger partial charge in [-0.05, 0) is 36.5 Å². The molecule has 2 aliphatic heterocycles. The van der Waals surface area contributed by atoms with E-state index in [0.29, 0.717) is 43.4 Å². The van der Waals surface area contributed by atoms with E-state index < -0.39 is 29.5 Å². The first kappa shape index (κ1) is 24.0. The van der Waals surface area contributed by atoms with Crippen LogP contribution in [0.5, 0.6) is 5.75 Å². The van der Waals surface area contributed by atoms with E-state index in [1.165, 1.54) is 0 Å². The minimum absolute atomic E-state index is 0.227. The largest absolute Gasteiger partial charge is 0.478 e. The number of alkyl halides is 3. The van der Waals surface area contributed by atoms with Crippen molar-refractivity contribution in [1.29, 1.82) is 0 Å². The van der Waals surface area contributed by atoms with Gasteiger partial charge in [0.05, 0.1) is 0 Å². The number of carboxylic acids is 1. The molecule has 1 saturated heterocycles. The van der Waals surface area contributed by atoms with Crippen molar-refractivity contribution in [3.05, 3.63) is 41.5 Å². The van der Waals surface area contributed by atoms with Gasteiger partial charge in [-0.15, -0.1) is 10.2 Å². The number of ether oxygens (including phenoxy) is 1. The van der Waals surface area contributed by atoms with Crippen LogP contribution in [0.2, 0.25) is 0 Å². The summed E-state index contributed by atoms with van der Waals surface area (Å²) in [5.74, 6) is -0.440. The first-order valence-electron chi connectivity index (χ1n) is 11.3. The Hall–Kier alpha value is -3.11. The van der Waals surface area contributed by atoms with E-state index in [-0.39, 0.29) is 5.82 Å². The second-order valence-electron chi connectivity index (χ2n) is 9.80. The number of nitrogens with zero attached hydrogens (tertiary/aromatic N) is 5. The molecule has 1 N–H and O–H groups in total. The number of amidine groups is 1. The van der Waals surface area contributed by atoms with Crippen LogP contribution in [0.4, 0.5) is 13.2 Å². The number of fused-ring (bicyclic) bond motifs is 1. The average Bonchev–Trinajstić information content (AvgIpc) is 3.21. The fourth-order valence-corrected chi connectivity index (χ4v) is 4.38.